The van der Waals surface area contributed by atoms with Gasteiger partial charge in [-0.1, -0.05) is 11.6 Å². The Hall–Kier alpha value is -2.51. The minimum absolute atomic E-state index is 0.0678. The third-order valence-electron chi connectivity index (χ3n) is 3.97. The summed E-state index contributed by atoms with van der Waals surface area (Å²) in [7, 11) is 5.01. The van der Waals surface area contributed by atoms with Crippen molar-refractivity contribution in [1.29, 1.82) is 0 Å². The van der Waals surface area contributed by atoms with Gasteiger partial charge in [0.05, 0.1) is 26.4 Å². The average Bonchev–Trinajstić information content (AvgIpc) is 2.99. The fourth-order valence-corrected chi connectivity index (χ4v) is 2.78. The summed E-state index contributed by atoms with van der Waals surface area (Å²) in [6.07, 6.45) is 0. The number of aryl methyl sites for hydroxylation is 1. The number of likely N-dealkylation sites (N-methyl/N-ethyl adjacent to an activating group) is 2. The highest BCUT2D eigenvalue weighted by Gasteiger charge is 2.19. The van der Waals surface area contributed by atoms with Crippen LogP contribution in [0.15, 0.2) is 34.7 Å². The molecule has 146 valence electrons. The highest BCUT2D eigenvalue weighted by Crippen LogP contribution is 2.27. The number of hydrogen-bond acceptors (Lipinski definition) is 4. The molecule has 2 aromatic rings. The zero-order valence-electron chi connectivity index (χ0n) is 16.0. The molecule has 0 fully saturated rings. The van der Waals surface area contributed by atoms with E-state index >= 15 is 0 Å². The normalized spacial score (nSPS) is 11.7. The number of hydrogen-bond donors (Lipinski definition) is 2. The number of rotatable bonds is 8. The van der Waals surface area contributed by atoms with Gasteiger partial charge in [-0.3, -0.25) is 9.59 Å². The molecule has 2 N–H and O–H groups in total. The van der Waals surface area contributed by atoms with Gasteiger partial charge in [-0.15, -0.1) is 0 Å². The zero-order chi connectivity index (χ0) is 20.0. The van der Waals surface area contributed by atoms with Crippen molar-refractivity contribution in [3.63, 3.8) is 0 Å². The number of nitrogens with one attached hydrogen (secondary N) is 2. The Morgan fingerprint density at radius 3 is 2.67 bits per heavy atom. The van der Waals surface area contributed by atoms with Crippen LogP contribution >= 0.6 is 11.6 Å². The number of halogens is 1. The Bertz CT molecular complexity index is 806. The summed E-state index contributed by atoms with van der Waals surface area (Å²) in [5.74, 6) is 1.70. The standard InChI is InChI=1S/C19H24ClN3O4/c1-13-5-7-15(27-13)10-22(2)12-19(25)23(3)11-18(24)21-16-9-14(20)6-8-17(16)26-4/h5-9H,10-12H2,1-4H3,(H,21,24)/p+1. The second-order valence-electron chi connectivity index (χ2n) is 6.47. The van der Waals surface area contributed by atoms with Crippen LogP contribution in [0.5, 0.6) is 5.75 Å². The number of carbonyl (C=O) groups is 2. The maximum Gasteiger partial charge on any atom is 0.277 e. The first-order valence-electron chi connectivity index (χ1n) is 8.52. The molecule has 1 atom stereocenters. The van der Waals surface area contributed by atoms with Crippen LogP contribution in [0.4, 0.5) is 5.69 Å². The van der Waals surface area contributed by atoms with Crippen molar-refractivity contribution >= 4 is 29.1 Å². The number of amides is 2. The van der Waals surface area contributed by atoms with Crippen LogP contribution in [0, 0.1) is 6.92 Å². The molecule has 27 heavy (non-hydrogen) atoms. The molecule has 2 amide bonds. The first-order chi connectivity index (χ1) is 12.8. The van der Waals surface area contributed by atoms with Crippen molar-refractivity contribution in [2.45, 2.75) is 13.5 Å². The Kier molecular flexibility index (Phi) is 7.27. The van der Waals surface area contributed by atoms with Gasteiger partial charge in [0.1, 0.15) is 18.1 Å². The quantitative estimate of drug-likeness (QED) is 0.709. The van der Waals surface area contributed by atoms with E-state index in [1.54, 1.807) is 25.2 Å². The van der Waals surface area contributed by atoms with Crippen molar-refractivity contribution in [1.82, 2.24) is 4.90 Å². The summed E-state index contributed by atoms with van der Waals surface area (Å²) in [4.78, 5) is 27.0. The van der Waals surface area contributed by atoms with E-state index in [9.17, 15) is 9.59 Å². The first-order valence-corrected chi connectivity index (χ1v) is 8.90. The molecule has 0 aliphatic heterocycles. The summed E-state index contributed by atoms with van der Waals surface area (Å²) in [5.41, 5.74) is 0.465. The number of quaternary nitrogens is 1. The lowest BCUT2D eigenvalue weighted by Crippen LogP contribution is -3.08. The predicted octanol–water partition coefficient (Wildman–Crippen LogP) is 1.36. The van der Waals surface area contributed by atoms with Gasteiger partial charge in [-0.2, -0.15) is 0 Å². The molecule has 7 nitrogen and oxygen atoms in total. The average molecular weight is 395 g/mol. The second-order valence-corrected chi connectivity index (χ2v) is 6.90. The third kappa shape index (κ3) is 6.30. The van der Waals surface area contributed by atoms with Gasteiger partial charge in [-0.05, 0) is 37.3 Å². The molecule has 1 aromatic carbocycles. The van der Waals surface area contributed by atoms with E-state index in [0.717, 1.165) is 16.4 Å². The second kappa shape index (κ2) is 9.43. The lowest BCUT2D eigenvalue weighted by atomic mass is 10.3. The van der Waals surface area contributed by atoms with Gasteiger partial charge in [0.15, 0.2) is 12.3 Å². The van der Waals surface area contributed by atoms with Gasteiger partial charge in [0, 0.05) is 12.1 Å². The monoisotopic (exact) mass is 394 g/mol. The molecular formula is C19H25ClN3O4+. The van der Waals surface area contributed by atoms with Gasteiger partial charge in [0.25, 0.3) is 5.91 Å². The largest absolute Gasteiger partial charge is 0.495 e. The van der Waals surface area contributed by atoms with Gasteiger partial charge in [0.2, 0.25) is 5.91 Å². The van der Waals surface area contributed by atoms with Crippen LogP contribution in [0.3, 0.4) is 0 Å². The fourth-order valence-electron chi connectivity index (χ4n) is 2.60. The van der Waals surface area contributed by atoms with E-state index in [0.29, 0.717) is 23.0 Å². The van der Waals surface area contributed by atoms with Gasteiger partial charge >= 0.3 is 0 Å². The SMILES string of the molecule is COc1ccc(Cl)cc1NC(=O)CN(C)C(=O)C[NH+](C)Cc1ccc(C)o1. The molecule has 0 aliphatic carbocycles. The highest BCUT2D eigenvalue weighted by atomic mass is 35.5. The molecule has 0 spiro atoms. The topological polar surface area (TPSA) is 76.2 Å². The summed E-state index contributed by atoms with van der Waals surface area (Å²) in [5, 5.41) is 3.20. The Morgan fingerprint density at radius 2 is 2.04 bits per heavy atom. The first kappa shape index (κ1) is 20.8. The number of benzene rings is 1. The highest BCUT2D eigenvalue weighted by molar-refractivity contribution is 6.31. The summed E-state index contributed by atoms with van der Waals surface area (Å²) in [6, 6.07) is 8.74. The summed E-state index contributed by atoms with van der Waals surface area (Å²) in [6.45, 7) is 2.66. The molecule has 2 rings (SSSR count). The Morgan fingerprint density at radius 1 is 1.30 bits per heavy atom. The molecule has 0 aliphatic rings. The molecule has 0 bridgehead atoms. The summed E-state index contributed by atoms with van der Waals surface area (Å²) >= 11 is 5.96. The lowest BCUT2D eigenvalue weighted by molar-refractivity contribution is -0.886. The lowest BCUT2D eigenvalue weighted by Gasteiger charge is -2.19. The summed E-state index contributed by atoms with van der Waals surface area (Å²) < 4.78 is 10.7. The minimum atomic E-state index is -0.328. The van der Waals surface area contributed by atoms with E-state index in [2.05, 4.69) is 5.32 Å². The van der Waals surface area contributed by atoms with Crippen LogP contribution in [-0.2, 0) is 16.1 Å². The predicted molar refractivity (Wildman–Crippen MR) is 103 cm³/mol. The molecule has 0 saturated heterocycles. The van der Waals surface area contributed by atoms with Gasteiger partial charge < -0.3 is 24.3 Å². The molecule has 1 aromatic heterocycles. The van der Waals surface area contributed by atoms with Crippen molar-refractivity contribution in [3.05, 3.63) is 46.9 Å². The van der Waals surface area contributed by atoms with Crippen LogP contribution in [0.25, 0.3) is 0 Å². The van der Waals surface area contributed by atoms with Crippen molar-refractivity contribution in [2.75, 3.05) is 39.6 Å². The van der Waals surface area contributed by atoms with E-state index in [1.807, 2.05) is 26.1 Å². The maximum absolute atomic E-state index is 12.4. The molecule has 0 saturated carbocycles. The van der Waals surface area contributed by atoms with Crippen molar-refractivity contribution < 1.29 is 23.6 Å². The number of ether oxygens (including phenoxy) is 1. The molecule has 1 unspecified atom stereocenters. The minimum Gasteiger partial charge on any atom is -0.495 e. The molecular weight excluding hydrogens is 370 g/mol. The number of carbonyl (C=O) groups excluding carboxylic acids is 2. The van der Waals surface area contributed by atoms with E-state index in [-0.39, 0.29) is 24.9 Å². The van der Waals surface area contributed by atoms with Crippen LogP contribution < -0.4 is 15.0 Å². The van der Waals surface area contributed by atoms with Crippen LogP contribution in [-0.4, -0.2) is 51.0 Å². The van der Waals surface area contributed by atoms with Crippen LogP contribution in [0.1, 0.15) is 11.5 Å². The number of methoxy groups -OCH3 is 1. The number of anilines is 1. The van der Waals surface area contributed by atoms with Crippen LogP contribution in [0.2, 0.25) is 5.02 Å². The van der Waals surface area contributed by atoms with E-state index in [1.165, 1.54) is 12.0 Å². The molecule has 8 heteroatoms. The third-order valence-corrected chi connectivity index (χ3v) is 4.20. The Labute approximate surface area is 163 Å². The Balaban J connectivity index is 1.86. The molecule has 0 radical (unpaired) electrons. The smallest absolute Gasteiger partial charge is 0.277 e. The maximum atomic E-state index is 12.4. The van der Waals surface area contributed by atoms with E-state index < -0.39 is 0 Å². The van der Waals surface area contributed by atoms with Gasteiger partial charge in [-0.25, -0.2) is 0 Å². The zero-order valence-corrected chi connectivity index (χ0v) is 16.7. The number of furan rings is 1. The van der Waals surface area contributed by atoms with Crippen molar-refractivity contribution in [2.24, 2.45) is 0 Å². The fraction of sp³-hybridized carbons (Fsp3) is 0.368. The number of nitrogens with zero attached hydrogens (tertiary/aromatic N) is 1. The van der Waals surface area contributed by atoms with E-state index in [4.69, 9.17) is 20.8 Å². The molecule has 1 heterocycles. The van der Waals surface area contributed by atoms with Crippen molar-refractivity contribution in [3.8, 4) is 5.75 Å².